The summed E-state index contributed by atoms with van der Waals surface area (Å²) in [6.45, 7) is 4.89. The summed E-state index contributed by atoms with van der Waals surface area (Å²) in [7, 11) is 0. The smallest absolute Gasteiger partial charge is 0.309 e. The Bertz CT molecular complexity index is 268. The second-order valence-electron chi connectivity index (χ2n) is 5.24. The van der Waals surface area contributed by atoms with Gasteiger partial charge in [-0.25, -0.2) is 0 Å². The molecule has 3 atom stereocenters. The van der Waals surface area contributed by atoms with Crippen LogP contribution in [0.4, 0.5) is 0 Å². The maximum absolute atomic E-state index is 11.8. The Morgan fingerprint density at radius 3 is 2.73 bits per heavy atom. The van der Waals surface area contributed by atoms with Crippen molar-refractivity contribution in [2.75, 3.05) is 6.61 Å². The molecule has 0 amide bonds. The lowest BCUT2D eigenvalue weighted by Gasteiger charge is -2.16. The predicted octanol–water partition coefficient (Wildman–Crippen LogP) is 2.79. The third kappa shape index (κ3) is 2.42. The molecule has 0 unspecified atom stereocenters. The Balaban J connectivity index is 1.75. The van der Waals surface area contributed by atoms with Crippen molar-refractivity contribution in [3.8, 4) is 0 Å². The molecule has 0 spiro atoms. The topological polar surface area (TPSA) is 26.3 Å². The molecule has 2 heteroatoms. The quantitative estimate of drug-likeness (QED) is 0.524. The van der Waals surface area contributed by atoms with Gasteiger partial charge in [-0.2, -0.15) is 0 Å². The summed E-state index contributed by atoms with van der Waals surface area (Å²) in [6, 6.07) is 0. The predicted molar refractivity (Wildman–Crippen MR) is 59.3 cm³/mol. The molecular formula is C13H20O2. The van der Waals surface area contributed by atoms with Gasteiger partial charge in [0.25, 0.3) is 0 Å². The number of esters is 1. The molecule has 2 aliphatic carbocycles. The van der Waals surface area contributed by atoms with Gasteiger partial charge in [0, 0.05) is 0 Å². The molecule has 1 fully saturated rings. The lowest BCUT2D eigenvalue weighted by Crippen LogP contribution is -2.22. The number of hydrogen-bond donors (Lipinski definition) is 0. The molecule has 2 aliphatic rings. The van der Waals surface area contributed by atoms with Crippen molar-refractivity contribution < 1.29 is 9.53 Å². The molecule has 2 bridgehead atoms. The van der Waals surface area contributed by atoms with Gasteiger partial charge >= 0.3 is 5.97 Å². The average Bonchev–Trinajstić information content (AvgIpc) is 2.77. The minimum atomic E-state index is 0.0347. The zero-order valence-corrected chi connectivity index (χ0v) is 9.61. The highest BCUT2D eigenvalue weighted by Gasteiger charge is 2.40. The van der Waals surface area contributed by atoms with E-state index in [1.807, 2.05) is 0 Å². The van der Waals surface area contributed by atoms with Gasteiger partial charge in [0.05, 0.1) is 12.5 Å². The molecule has 0 aromatic rings. The standard InChI is InChI=1S/C13H20O2/c1-9(2)5-6-15-13(14)12-8-10-3-4-11(12)7-10/h3-4,9-12H,5-8H2,1-2H3/t10-,11-,12+/m0/s1. The molecule has 84 valence electrons. The van der Waals surface area contributed by atoms with Crippen LogP contribution in [0.25, 0.3) is 0 Å². The normalized spacial score (nSPS) is 32.6. The lowest BCUT2D eigenvalue weighted by molar-refractivity contribution is -0.149. The van der Waals surface area contributed by atoms with E-state index < -0.39 is 0 Å². The van der Waals surface area contributed by atoms with Crippen molar-refractivity contribution in [3.05, 3.63) is 12.2 Å². The molecule has 0 radical (unpaired) electrons. The van der Waals surface area contributed by atoms with Crippen LogP contribution in [-0.2, 0) is 9.53 Å². The SMILES string of the molecule is CC(C)CCOC(=O)[C@@H]1C[C@H]2C=C[C@H]1C2. The molecule has 0 aromatic carbocycles. The van der Waals surface area contributed by atoms with Crippen molar-refractivity contribution in [2.45, 2.75) is 33.1 Å². The van der Waals surface area contributed by atoms with Crippen molar-refractivity contribution in [1.82, 2.24) is 0 Å². The van der Waals surface area contributed by atoms with Crippen LogP contribution in [-0.4, -0.2) is 12.6 Å². The molecule has 2 nitrogen and oxygen atoms in total. The fraction of sp³-hybridized carbons (Fsp3) is 0.769. The third-order valence-electron chi connectivity index (χ3n) is 3.52. The maximum atomic E-state index is 11.8. The van der Waals surface area contributed by atoms with Crippen molar-refractivity contribution in [1.29, 1.82) is 0 Å². The minimum absolute atomic E-state index is 0.0347. The first kappa shape index (κ1) is 10.7. The Labute approximate surface area is 91.7 Å². The van der Waals surface area contributed by atoms with Gasteiger partial charge in [-0.15, -0.1) is 0 Å². The highest BCUT2D eigenvalue weighted by Crippen LogP contribution is 2.43. The van der Waals surface area contributed by atoms with Crippen LogP contribution < -0.4 is 0 Å². The van der Waals surface area contributed by atoms with Gasteiger partial charge in [-0.3, -0.25) is 4.79 Å². The second-order valence-corrected chi connectivity index (χ2v) is 5.24. The van der Waals surface area contributed by atoms with Gasteiger partial charge < -0.3 is 4.74 Å². The van der Waals surface area contributed by atoms with Crippen LogP contribution >= 0.6 is 0 Å². The van der Waals surface area contributed by atoms with E-state index in [1.165, 1.54) is 6.42 Å². The highest BCUT2D eigenvalue weighted by atomic mass is 16.5. The fourth-order valence-corrected chi connectivity index (χ4v) is 2.55. The number of carbonyl (C=O) groups excluding carboxylic acids is 1. The summed E-state index contributed by atoms with van der Waals surface area (Å²) in [5.41, 5.74) is 0. The zero-order chi connectivity index (χ0) is 10.8. The first-order chi connectivity index (χ1) is 7.16. The van der Waals surface area contributed by atoms with E-state index in [4.69, 9.17) is 4.74 Å². The summed E-state index contributed by atoms with van der Waals surface area (Å²) >= 11 is 0. The van der Waals surface area contributed by atoms with Gasteiger partial charge in [-0.1, -0.05) is 26.0 Å². The van der Waals surface area contributed by atoms with E-state index in [-0.39, 0.29) is 11.9 Å². The van der Waals surface area contributed by atoms with Crippen molar-refractivity contribution >= 4 is 5.97 Å². The molecule has 0 heterocycles. The Morgan fingerprint density at radius 1 is 1.40 bits per heavy atom. The summed E-state index contributed by atoms with van der Waals surface area (Å²) in [5, 5.41) is 0. The number of rotatable bonds is 4. The van der Waals surface area contributed by atoms with E-state index in [1.54, 1.807) is 0 Å². The van der Waals surface area contributed by atoms with E-state index >= 15 is 0 Å². The largest absolute Gasteiger partial charge is 0.465 e. The van der Waals surface area contributed by atoms with Crippen LogP contribution in [0.3, 0.4) is 0 Å². The first-order valence-electron chi connectivity index (χ1n) is 6.01. The fourth-order valence-electron chi connectivity index (χ4n) is 2.55. The Kier molecular flexibility index (Phi) is 3.13. The van der Waals surface area contributed by atoms with Crippen molar-refractivity contribution in [2.24, 2.45) is 23.7 Å². The Hall–Kier alpha value is -0.790. The molecule has 0 aromatic heterocycles. The Morgan fingerprint density at radius 2 is 2.20 bits per heavy atom. The molecule has 15 heavy (non-hydrogen) atoms. The van der Waals surface area contributed by atoms with Crippen LogP contribution in [0.1, 0.15) is 33.1 Å². The van der Waals surface area contributed by atoms with Crippen LogP contribution in [0.5, 0.6) is 0 Å². The summed E-state index contributed by atoms with van der Waals surface area (Å²) in [4.78, 5) is 11.8. The van der Waals surface area contributed by atoms with Crippen LogP contribution in [0, 0.1) is 23.7 Å². The van der Waals surface area contributed by atoms with E-state index in [9.17, 15) is 4.79 Å². The van der Waals surface area contributed by atoms with Crippen LogP contribution in [0.15, 0.2) is 12.2 Å². The molecular weight excluding hydrogens is 188 g/mol. The average molecular weight is 208 g/mol. The second kappa shape index (κ2) is 4.38. The molecule has 1 saturated carbocycles. The number of carbonyl (C=O) groups is 1. The van der Waals surface area contributed by atoms with Gasteiger partial charge in [-0.05, 0) is 37.0 Å². The minimum Gasteiger partial charge on any atom is -0.465 e. The summed E-state index contributed by atoms with van der Waals surface area (Å²) < 4.78 is 5.32. The molecule has 0 N–H and O–H groups in total. The van der Waals surface area contributed by atoms with Gasteiger partial charge in [0.2, 0.25) is 0 Å². The van der Waals surface area contributed by atoms with Gasteiger partial charge in [0.1, 0.15) is 0 Å². The van der Waals surface area contributed by atoms with Crippen LogP contribution in [0.2, 0.25) is 0 Å². The van der Waals surface area contributed by atoms with E-state index in [0.29, 0.717) is 24.4 Å². The van der Waals surface area contributed by atoms with Gasteiger partial charge in [0.15, 0.2) is 0 Å². The summed E-state index contributed by atoms with van der Waals surface area (Å²) in [6.07, 6.45) is 7.61. The lowest BCUT2D eigenvalue weighted by atomic mass is 9.94. The number of fused-ring (bicyclic) bond motifs is 2. The number of hydrogen-bond acceptors (Lipinski definition) is 2. The summed E-state index contributed by atoms with van der Waals surface area (Å²) in [5.74, 6) is 1.93. The number of ether oxygens (including phenoxy) is 1. The molecule has 2 rings (SSSR count). The van der Waals surface area contributed by atoms with Crippen molar-refractivity contribution in [3.63, 3.8) is 0 Å². The molecule has 0 saturated heterocycles. The van der Waals surface area contributed by atoms with E-state index in [0.717, 1.165) is 12.8 Å². The van der Waals surface area contributed by atoms with E-state index in [2.05, 4.69) is 26.0 Å². The zero-order valence-electron chi connectivity index (χ0n) is 9.61. The first-order valence-corrected chi connectivity index (χ1v) is 6.01. The maximum Gasteiger partial charge on any atom is 0.309 e. The third-order valence-corrected chi connectivity index (χ3v) is 3.52. The monoisotopic (exact) mass is 208 g/mol. The number of allylic oxidation sites excluding steroid dienone is 2. The highest BCUT2D eigenvalue weighted by molar-refractivity contribution is 5.74. The molecule has 0 aliphatic heterocycles.